The van der Waals surface area contributed by atoms with Gasteiger partial charge in [-0.3, -0.25) is 4.79 Å². The summed E-state index contributed by atoms with van der Waals surface area (Å²) in [5.41, 5.74) is 0. The predicted octanol–water partition coefficient (Wildman–Crippen LogP) is 2.68. The number of benzene rings is 1. The summed E-state index contributed by atoms with van der Waals surface area (Å²) >= 11 is 9.27. The van der Waals surface area contributed by atoms with Crippen molar-refractivity contribution in [3.63, 3.8) is 0 Å². The second-order valence-corrected chi connectivity index (χ2v) is 8.03. The van der Waals surface area contributed by atoms with Gasteiger partial charge in [-0.15, -0.1) is 0 Å². The molecule has 1 atom stereocenters. The van der Waals surface area contributed by atoms with Crippen molar-refractivity contribution < 1.29 is 17.9 Å². The Morgan fingerprint density at radius 2 is 2.19 bits per heavy atom. The van der Waals surface area contributed by atoms with Gasteiger partial charge in [0.2, 0.25) is 10.0 Å². The van der Waals surface area contributed by atoms with Crippen molar-refractivity contribution in [1.82, 2.24) is 4.31 Å². The van der Waals surface area contributed by atoms with Crippen LogP contribution in [0.1, 0.15) is 12.8 Å². The molecule has 0 aromatic heterocycles. The minimum absolute atomic E-state index is 0.0536. The lowest BCUT2D eigenvalue weighted by atomic mass is 10.0. The van der Waals surface area contributed by atoms with Gasteiger partial charge in [0.15, 0.2) is 0 Å². The Labute approximate surface area is 137 Å². The summed E-state index contributed by atoms with van der Waals surface area (Å²) in [5.74, 6) is -0.801. The highest BCUT2D eigenvalue weighted by Crippen LogP contribution is 2.30. The van der Waals surface area contributed by atoms with Crippen LogP contribution in [0.2, 0.25) is 5.02 Å². The molecule has 2 rings (SSSR count). The van der Waals surface area contributed by atoms with E-state index in [0.29, 0.717) is 23.9 Å². The van der Waals surface area contributed by atoms with Crippen LogP contribution in [0.5, 0.6) is 0 Å². The van der Waals surface area contributed by atoms with Gasteiger partial charge in [-0.25, -0.2) is 8.42 Å². The van der Waals surface area contributed by atoms with Crippen molar-refractivity contribution >= 4 is 43.5 Å². The normalized spacial score (nSPS) is 20.2. The molecule has 1 aromatic carbocycles. The number of rotatable bonds is 3. The lowest BCUT2D eigenvalue weighted by Crippen LogP contribution is -2.42. The monoisotopic (exact) mass is 395 g/mol. The standard InChI is InChI=1S/C13H15BrClNO4S/c1-20-13(17)9-3-2-6-16(8-9)21(18,19)12-5-4-10(14)7-11(12)15/h4-5,7,9H,2-3,6,8H2,1H3/t9-/m0/s1. The van der Waals surface area contributed by atoms with E-state index < -0.39 is 15.9 Å². The van der Waals surface area contributed by atoms with E-state index in [4.69, 9.17) is 16.3 Å². The molecular weight excluding hydrogens is 382 g/mol. The molecule has 0 aliphatic carbocycles. The fraction of sp³-hybridized carbons (Fsp3) is 0.462. The SMILES string of the molecule is COC(=O)[C@H]1CCCN(S(=O)(=O)c2ccc(Br)cc2Cl)C1. The van der Waals surface area contributed by atoms with Gasteiger partial charge in [0, 0.05) is 17.6 Å². The summed E-state index contributed by atoms with van der Waals surface area (Å²) in [4.78, 5) is 11.7. The van der Waals surface area contributed by atoms with E-state index in [1.54, 1.807) is 6.07 Å². The number of hydrogen-bond acceptors (Lipinski definition) is 4. The fourth-order valence-electron chi connectivity index (χ4n) is 2.34. The molecule has 5 nitrogen and oxygen atoms in total. The average Bonchev–Trinajstić information content (AvgIpc) is 2.46. The van der Waals surface area contributed by atoms with Crippen molar-refractivity contribution in [2.75, 3.05) is 20.2 Å². The number of halogens is 2. The summed E-state index contributed by atoms with van der Waals surface area (Å²) in [7, 11) is -2.40. The Morgan fingerprint density at radius 3 is 2.81 bits per heavy atom. The third-order valence-electron chi connectivity index (χ3n) is 3.43. The molecule has 0 radical (unpaired) electrons. The van der Waals surface area contributed by atoms with Crippen molar-refractivity contribution in [3.05, 3.63) is 27.7 Å². The lowest BCUT2D eigenvalue weighted by Gasteiger charge is -2.30. The van der Waals surface area contributed by atoms with Crippen molar-refractivity contribution in [2.24, 2.45) is 5.92 Å². The highest BCUT2D eigenvalue weighted by Gasteiger charge is 2.34. The molecule has 0 unspecified atom stereocenters. The molecule has 116 valence electrons. The van der Waals surface area contributed by atoms with Crippen LogP contribution in [0, 0.1) is 5.92 Å². The minimum atomic E-state index is -3.71. The number of piperidine rings is 1. The van der Waals surface area contributed by atoms with Gasteiger partial charge < -0.3 is 4.74 Å². The minimum Gasteiger partial charge on any atom is -0.469 e. The maximum Gasteiger partial charge on any atom is 0.309 e. The first-order valence-electron chi connectivity index (χ1n) is 6.39. The van der Waals surface area contributed by atoms with E-state index in [9.17, 15) is 13.2 Å². The Balaban J connectivity index is 2.28. The molecular formula is C13H15BrClNO4S. The molecule has 21 heavy (non-hydrogen) atoms. The van der Waals surface area contributed by atoms with Crippen molar-refractivity contribution in [2.45, 2.75) is 17.7 Å². The van der Waals surface area contributed by atoms with Gasteiger partial charge in [-0.1, -0.05) is 27.5 Å². The first kappa shape index (κ1) is 16.7. The topological polar surface area (TPSA) is 63.7 Å². The summed E-state index contributed by atoms with van der Waals surface area (Å²) in [6.07, 6.45) is 1.25. The quantitative estimate of drug-likeness (QED) is 0.737. The van der Waals surface area contributed by atoms with E-state index in [1.807, 2.05) is 0 Å². The van der Waals surface area contributed by atoms with E-state index in [0.717, 1.165) is 0 Å². The molecule has 1 saturated heterocycles. The van der Waals surface area contributed by atoms with E-state index in [2.05, 4.69) is 15.9 Å². The third kappa shape index (κ3) is 3.59. The number of methoxy groups -OCH3 is 1. The van der Waals surface area contributed by atoms with E-state index in [-0.39, 0.29) is 22.4 Å². The first-order valence-corrected chi connectivity index (χ1v) is 9.00. The number of ether oxygens (including phenoxy) is 1. The maximum absolute atomic E-state index is 12.6. The molecule has 1 fully saturated rings. The maximum atomic E-state index is 12.6. The molecule has 1 aliphatic heterocycles. The number of hydrogen-bond donors (Lipinski definition) is 0. The summed E-state index contributed by atoms with van der Waals surface area (Å²) in [5, 5.41) is 0.157. The largest absolute Gasteiger partial charge is 0.469 e. The molecule has 0 saturated carbocycles. The number of sulfonamides is 1. The summed E-state index contributed by atoms with van der Waals surface area (Å²) in [6, 6.07) is 4.63. The highest BCUT2D eigenvalue weighted by atomic mass is 79.9. The zero-order valence-electron chi connectivity index (χ0n) is 11.4. The van der Waals surface area contributed by atoms with Gasteiger partial charge in [-0.05, 0) is 31.0 Å². The molecule has 8 heteroatoms. The Morgan fingerprint density at radius 1 is 1.48 bits per heavy atom. The van der Waals surface area contributed by atoms with Gasteiger partial charge in [0.1, 0.15) is 4.90 Å². The van der Waals surface area contributed by atoms with Gasteiger partial charge in [0.05, 0.1) is 18.1 Å². The molecule has 0 bridgehead atoms. The van der Waals surface area contributed by atoms with Gasteiger partial charge >= 0.3 is 5.97 Å². The smallest absolute Gasteiger partial charge is 0.309 e. The zero-order chi connectivity index (χ0) is 15.6. The van der Waals surface area contributed by atoms with Gasteiger partial charge in [-0.2, -0.15) is 4.31 Å². The molecule has 1 heterocycles. The number of carbonyl (C=O) groups is 1. The molecule has 0 spiro atoms. The molecule has 1 aliphatic rings. The second kappa shape index (κ2) is 6.64. The molecule has 1 aromatic rings. The zero-order valence-corrected chi connectivity index (χ0v) is 14.5. The van der Waals surface area contributed by atoms with Crippen LogP contribution in [0.25, 0.3) is 0 Å². The van der Waals surface area contributed by atoms with E-state index >= 15 is 0 Å². The Kier molecular flexibility index (Phi) is 5.29. The number of esters is 1. The first-order chi connectivity index (χ1) is 9.86. The predicted molar refractivity (Wildman–Crippen MR) is 82.7 cm³/mol. The third-order valence-corrected chi connectivity index (χ3v) is 6.27. The second-order valence-electron chi connectivity index (χ2n) is 4.80. The lowest BCUT2D eigenvalue weighted by molar-refractivity contribution is -0.146. The summed E-state index contributed by atoms with van der Waals surface area (Å²) in [6.45, 7) is 0.504. The van der Waals surface area contributed by atoms with Crippen LogP contribution in [-0.2, 0) is 19.6 Å². The van der Waals surface area contributed by atoms with Crippen LogP contribution in [0.15, 0.2) is 27.6 Å². The Hall–Kier alpha value is -0.630. The Bertz CT molecular complexity index is 650. The van der Waals surface area contributed by atoms with Crippen LogP contribution >= 0.6 is 27.5 Å². The van der Waals surface area contributed by atoms with Crippen LogP contribution < -0.4 is 0 Å². The van der Waals surface area contributed by atoms with Gasteiger partial charge in [0.25, 0.3) is 0 Å². The number of carbonyl (C=O) groups excluding carboxylic acids is 1. The summed E-state index contributed by atoms with van der Waals surface area (Å²) < 4.78 is 32.0. The highest BCUT2D eigenvalue weighted by molar-refractivity contribution is 9.10. The van der Waals surface area contributed by atoms with Crippen LogP contribution in [-0.4, -0.2) is 38.9 Å². The average molecular weight is 397 g/mol. The van der Waals surface area contributed by atoms with Crippen molar-refractivity contribution in [1.29, 1.82) is 0 Å². The molecule has 0 N–H and O–H groups in total. The molecule has 0 amide bonds. The van der Waals surface area contributed by atoms with Crippen LogP contribution in [0.3, 0.4) is 0 Å². The van der Waals surface area contributed by atoms with Crippen LogP contribution in [0.4, 0.5) is 0 Å². The fourth-order valence-corrected chi connectivity index (χ4v) is 4.88. The number of nitrogens with zero attached hydrogens (tertiary/aromatic N) is 1. The van der Waals surface area contributed by atoms with E-state index in [1.165, 1.54) is 23.5 Å². The van der Waals surface area contributed by atoms with Crippen molar-refractivity contribution in [3.8, 4) is 0 Å².